The quantitative estimate of drug-likeness (QED) is 0.863. The van der Waals surface area contributed by atoms with Crippen molar-refractivity contribution >= 4 is 32.8 Å². The molecule has 0 atom stereocenters. The number of pyridine rings is 1. The van der Waals surface area contributed by atoms with Crippen LogP contribution in [0.25, 0.3) is 10.9 Å². The third-order valence-corrected chi connectivity index (χ3v) is 2.88. The number of carboxylic acid groups (broad SMARTS) is 1. The molecule has 1 aromatic heterocycles. The summed E-state index contributed by atoms with van der Waals surface area (Å²) in [6.07, 6.45) is 0. The van der Waals surface area contributed by atoms with Crippen molar-refractivity contribution in [3.8, 4) is 0 Å². The minimum absolute atomic E-state index is 0.0637. The number of hydrogen-bond acceptors (Lipinski definition) is 2. The van der Waals surface area contributed by atoms with Gasteiger partial charge in [-0.25, -0.2) is 9.78 Å². The average molecular weight is 266 g/mol. The average Bonchev–Trinajstić information content (AvgIpc) is 2.23. The second-order valence-electron chi connectivity index (χ2n) is 3.26. The Kier molecular flexibility index (Phi) is 2.44. The number of fused-ring (bicyclic) bond motifs is 1. The molecule has 0 unspecified atom stereocenters. The van der Waals surface area contributed by atoms with Gasteiger partial charge in [-0.3, -0.25) is 0 Å². The van der Waals surface area contributed by atoms with E-state index in [1.807, 2.05) is 19.1 Å². The van der Waals surface area contributed by atoms with Crippen LogP contribution in [0.2, 0.25) is 0 Å². The largest absolute Gasteiger partial charge is 0.477 e. The molecule has 0 aliphatic carbocycles. The highest BCUT2D eigenvalue weighted by molar-refractivity contribution is 9.10. The van der Waals surface area contributed by atoms with E-state index in [2.05, 4.69) is 20.9 Å². The SMILES string of the molecule is Cc1ccc(Br)c2nc(C(=O)O)ccc12. The predicted octanol–water partition coefficient (Wildman–Crippen LogP) is 3.00. The number of aryl methyl sites for hydroxylation is 1. The summed E-state index contributed by atoms with van der Waals surface area (Å²) in [5.74, 6) is -1.01. The molecular formula is C11H8BrNO2. The van der Waals surface area contributed by atoms with Crippen LogP contribution >= 0.6 is 15.9 Å². The summed E-state index contributed by atoms with van der Waals surface area (Å²) in [4.78, 5) is 14.9. The summed E-state index contributed by atoms with van der Waals surface area (Å²) in [5, 5.41) is 9.79. The molecule has 1 aromatic carbocycles. The van der Waals surface area contributed by atoms with Crippen LogP contribution in [0.1, 0.15) is 16.1 Å². The molecular weight excluding hydrogens is 258 g/mol. The van der Waals surface area contributed by atoms with Gasteiger partial charge in [-0.05, 0) is 40.5 Å². The summed E-state index contributed by atoms with van der Waals surface area (Å²) in [7, 11) is 0. The molecule has 1 N–H and O–H groups in total. The molecule has 3 nitrogen and oxygen atoms in total. The van der Waals surface area contributed by atoms with E-state index >= 15 is 0 Å². The van der Waals surface area contributed by atoms with Crippen molar-refractivity contribution in [2.45, 2.75) is 6.92 Å². The lowest BCUT2D eigenvalue weighted by atomic mass is 10.1. The summed E-state index contributed by atoms with van der Waals surface area (Å²) in [6, 6.07) is 7.14. The van der Waals surface area contributed by atoms with Crippen LogP contribution in [0, 0.1) is 6.92 Å². The first-order valence-electron chi connectivity index (χ1n) is 4.39. The molecule has 0 spiro atoms. The summed E-state index contributed by atoms with van der Waals surface area (Å²) >= 11 is 3.36. The van der Waals surface area contributed by atoms with E-state index in [9.17, 15) is 4.79 Å². The van der Waals surface area contributed by atoms with Gasteiger partial charge in [0, 0.05) is 9.86 Å². The van der Waals surface area contributed by atoms with Gasteiger partial charge < -0.3 is 5.11 Å². The number of benzene rings is 1. The topological polar surface area (TPSA) is 50.2 Å². The molecule has 0 fully saturated rings. The minimum atomic E-state index is -1.01. The number of rotatable bonds is 1. The Balaban J connectivity index is 2.81. The number of nitrogens with zero attached hydrogens (tertiary/aromatic N) is 1. The van der Waals surface area contributed by atoms with Crippen LogP contribution in [0.4, 0.5) is 0 Å². The fourth-order valence-corrected chi connectivity index (χ4v) is 1.88. The highest BCUT2D eigenvalue weighted by Crippen LogP contribution is 2.25. The Labute approximate surface area is 94.9 Å². The zero-order valence-corrected chi connectivity index (χ0v) is 9.58. The number of aromatic nitrogens is 1. The normalized spacial score (nSPS) is 10.5. The van der Waals surface area contributed by atoms with Crippen LogP contribution in [-0.4, -0.2) is 16.1 Å². The Morgan fingerprint density at radius 3 is 2.73 bits per heavy atom. The van der Waals surface area contributed by atoms with Gasteiger partial charge in [-0.2, -0.15) is 0 Å². The fourth-order valence-electron chi connectivity index (χ4n) is 1.45. The van der Waals surface area contributed by atoms with E-state index in [0.29, 0.717) is 5.52 Å². The molecule has 2 aromatic rings. The lowest BCUT2D eigenvalue weighted by Crippen LogP contribution is -2.00. The molecule has 0 aliphatic heterocycles. The van der Waals surface area contributed by atoms with Crippen molar-refractivity contribution in [2.75, 3.05) is 0 Å². The van der Waals surface area contributed by atoms with E-state index in [1.165, 1.54) is 6.07 Å². The summed E-state index contributed by atoms with van der Waals surface area (Å²) in [6.45, 7) is 1.97. The maximum Gasteiger partial charge on any atom is 0.354 e. The monoisotopic (exact) mass is 265 g/mol. The van der Waals surface area contributed by atoms with Gasteiger partial charge in [0.15, 0.2) is 0 Å². The molecule has 15 heavy (non-hydrogen) atoms. The first kappa shape index (κ1) is 10.1. The number of carboxylic acids is 1. The van der Waals surface area contributed by atoms with E-state index in [1.54, 1.807) is 6.07 Å². The Bertz CT molecular complexity index is 552. The summed E-state index contributed by atoms with van der Waals surface area (Å²) in [5.41, 5.74) is 1.83. The first-order valence-corrected chi connectivity index (χ1v) is 5.18. The molecule has 76 valence electrons. The van der Waals surface area contributed by atoms with E-state index in [0.717, 1.165) is 15.4 Å². The zero-order valence-electron chi connectivity index (χ0n) is 7.99. The van der Waals surface area contributed by atoms with Crippen molar-refractivity contribution < 1.29 is 9.90 Å². The third-order valence-electron chi connectivity index (χ3n) is 2.25. The third kappa shape index (κ3) is 1.72. The van der Waals surface area contributed by atoms with Crippen molar-refractivity contribution in [3.63, 3.8) is 0 Å². The van der Waals surface area contributed by atoms with Gasteiger partial charge in [-0.15, -0.1) is 0 Å². The maximum atomic E-state index is 10.8. The van der Waals surface area contributed by atoms with Gasteiger partial charge in [0.05, 0.1) is 5.52 Å². The fraction of sp³-hybridized carbons (Fsp3) is 0.0909. The summed E-state index contributed by atoms with van der Waals surface area (Å²) < 4.78 is 0.811. The zero-order chi connectivity index (χ0) is 11.0. The van der Waals surface area contributed by atoms with Crippen LogP contribution in [0.15, 0.2) is 28.7 Å². The van der Waals surface area contributed by atoms with Crippen LogP contribution < -0.4 is 0 Å². The Morgan fingerprint density at radius 2 is 2.07 bits per heavy atom. The molecule has 0 aliphatic rings. The van der Waals surface area contributed by atoms with Crippen molar-refractivity contribution in [3.05, 3.63) is 40.0 Å². The molecule has 4 heteroatoms. The van der Waals surface area contributed by atoms with Gasteiger partial charge in [0.25, 0.3) is 0 Å². The smallest absolute Gasteiger partial charge is 0.354 e. The predicted molar refractivity (Wildman–Crippen MR) is 61.1 cm³/mol. The Morgan fingerprint density at radius 1 is 1.33 bits per heavy atom. The molecule has 0 amide bonds. The maximum absolute atomic E-state index is 10.8. The van der Waals surface area contributed by atoms with Crippen molar-refractivity contribution in [1.29, 1.82) is 0 Å². The second-order valence-corrected chi connectivity index (χ2v) is 4.12. The lowest BCUT2D eigenvalue weighted by molar-refractivity contribution is 0.0691. The van der Waals surface area contributed by atoms with Crippen LogP contribution in [0.5, 0.6) is 0 Å². The second kappa shape index (κ2) is 3.62. The molecule has 0 saturated carbocycles. The number of carbonyl (C=O) groups is 1. The molecule has 0 saturated heterocycles. The Hall–Kier alpha value is -1.42. The molecule has 2 rings (SSSR count). The lowest BCUT2D eigenvalue weighted by Gasteiger charge is -2.04. The standard InChI is InChI=1S/C11H8BrNO2/c1-6-2-4-8(12)10-7(6)3-5-9(13-10)11(14)15/h2-5H,1H3,(H,14,15). The highest BCUT2D eigenvalue weighted by Gasteiger charge is 2.08. The van der Waals surface area contributed by atoms with Crippen LogP contribution in [0.3, 0.4) is 0 Å². The van der Waals surface area contributed by atoms with Crippen molar-refractivity contribution in [1.82, 2.24) is 4.98 Å². The number of aromatic carboxylic acids is 1. The van der Waals surface area contributed by atoms with Crippen LogP contribution in [-0.2, 0) is 0 Å². The van der Waals surface area contributed by atoms with Gasteiger partial charge >= 0.3 is 5.97 Å². The van der Waals surface area contributed by atoms with E-state index in [4.69, 9.17) is 5.11 Å². The molecule has 1 heterocycles. The van der Waals surface area contributed by atoms with Crippen molar-refractivity contribution in [2.24, 2.45) is 0 Å². The van der Waals surface area contributed by atoms with Gasteiger partial charge in [-0.1, -0.05) is 12.1 Å². The minimum Gasteiger partial charge on any atom is -0.477 e. The van der Waals surface area contributed by atoms with E-state index < -0.39 is 5.97 Å². The number of hydrogen-bond donors (Lipinski definition) is 1. The van der Waals surface area contributed by atoms with Gasteiger partial charge in [0.1, 0.15) is 5.69 Å². The van der Waals surface area contributed by atoms with E-state index in [-0.39, 0.29) is 5.69 Å². The van der Waals surface area contributed by atoms with Gasteiger partial charge in [0.2, 0.25) is 0 Å². The molecule has 0 bridgehead atoms. The first-order chi connectivity index (χ1) is 7.09. The highest BCUT2D eigenvalue weighted by atomic mass is 79.9. The number of halogens is 1. The molecule has 0 radical (unpaired) electrons.